The van der Waals surface area contributed by atoms with E-state index in [1.54, 1.807) is 19.1 Å². The number of benzene rings is 1. The highest BCUT2D eigenvalue weighted by atomic mass is 16.5. The summed E-state index contributed by atoms with van der Waals surface area (Å²) in [4.78, 5) is 37.5. The Labute approximate surface area is 152 Å². The molecule has 26 heavy (non-hydrogen) atoms. The van der Waals surface area contributed by atoms with Gasteiger partial charge in [-0.3, -0.25) is 14.4 Å². The lowest BCUT2D eigenvalue weighted by Crippen LogP contribution is -2.50. The summed E-state index contributed by atoms with van der Waals surface area (Å²) >= 11 is 0. The molecule has 8 heteroatoms. The summed E-state index contributed by atoms with van der Waals surface area (Å²) < 4.78 is 10.3. The van der Waals surface area contributed by atoms with Crippen LogP contribution in [0, 0.1) is 5.41 Å². The van der Waals surface area contributed by atoms with Gasteiger partial charge >= 0.3 is 5.97 Å². The second-order valence-corrected chi connectivity index (χ2v) is 6.54. The van der Waals surface area contributed by atoms with Crippen molar-refractivity contribution in [2.24, 2.45) is 5.41 Å². The van der Waals surface area contributed by atoms with Crippen LogP contribution in [0.25, 0.3) is 0 Å². The first-order valence-corrected chi connectivity index (χ1v) is 8.32. The summed E-state index contributed by atoms with van der Waals surface area (Å²) in [5, 5.41) is 11.9. The molecule has 142 valence electrons. The van der Waals surface area contributed by atoms with Crippen LogP contribution in [0.5, 0.6) is 11.5 Å². The number of ether oxygens (including phenoxy) is 2. The number of nitrogens with zero attached hydrogens (tertiary/aromatic N) is 1. The van der Waals surface area contributed by atoms with Crippen molar-refractivity contribution in [1.82, 2.24) is 10.2 Å². The fraction of sp³-hybridized carbons (Fsp3) is 0.500. The Hall–Kier alpha value is -2.77. The van der Waals surface area contributed by atoms with E-state index in [0.717, 1.165) is 0 Å². The molecule has 1 atom stereocenters. The van der Waals surface area contributed by atoms with E-state index in [2.05, 4.69) is 5.32 Å². The molecule has 2 rings (SSSR count). The highest BCUT2D eigenvalue weighted by molar-refractivity contribution is 5.97. The van der Waals surface area contributed by atoms with Crippen LogP contribution < -0.4 is 14.8 Å². The third-order valence-electron chi connectivity index (χ3n) is 4.61. The average Bonchev–Trinajstić information content (AvgIpc) is 2.65. The summed E-state index contributed by atoms with van der Waals surface area (Å²) in [5.74, 6) is -0.714. The number of amides is 2. The first kappa shape index (κ1) is 19.6. The maximum absolute atomic E-state index is 12.3. The molecule has 1 aromatic carbocycles. The van der Waals surface area contributed by atoms with E-state index in [4.69, 9.17) is 9.47 Å². The normalized spacial score (nSPS) is 19.6. The van der Waals surface area contributed by atoms with E-state index in [9.17, 15) is 19.5 Å². The van der Waals surface area contributed by atoms with E-state index in [-0.39, 0.29) is 19.0 Å². The summed E-state index contributed by atoms with van der Waals surface area (Å²) in [5.41, 5.74) is -0.606. The van der Waals surface area contributed by atoms with Gasteiger partial charge in [-0.25, -0.2) is 0 Å². The molecule has 1 aliphatic rings. The van der Waals surface area contributed by atoms with Crippen LogP contribution in [0.3, 0.4) is 0 Å². The first-order chi connectivity index (χ1) is 12.3. The van der Waals surface area contributed by atoms with E-state index >= 15 is 0 Å². The standard InChI is InChI=1S/C18H24N2O6/c1-18(17(23)24)7-4-8-20(11-18)15(21)10-19-16(22)12-5-6-13(25-2)14(9-12)26-3/h5-6,9H,4,7-8,10-11H2,1-3H3,(H,19,22)(H,23,24). The lowest BCUT2D eigenvalue weighted by Gasteiger charge is -2.37. The second kappa shape index (κ2) is 8.07. The Kier molecular flexibility index (Phi) is 6.07. The summed E-state index contributed by atoms with van der Waals surface area (Å²) in [6.07, 6.45) is 1.16. The van der Waals surface area contributed by atoms with Crippen LogP contribution in [0.2, 0.25) is 0 Å². The Bertz CT molecular complexity index is 705. The van der Waals surface area contributed by atoms with Crippen LogP contribution in [0.15, 0.2) is 18.2 Å². The van der Waals surface area contributed by atoms with Crippen LogP contribution in [0.4, 0.5) is 0 Å². The van der Waals surface area contributed by atoms with Gasteiger partial charge in [-0.2, -0.15) is 0 Å². The van der Waals surface area contributed by atoms with Gasteiger partial charge in [0.15, 0.2) is 11.5 Å². The average molecular weight is 364 g/mol. The molecule has 2 amide bonds. The molecule has 0 bridgehead atoms. The maximum Gasteiger partial charge on any atom is 0.311 e. The van der Waals surface area contributed by atoms with Crippen molar-refractivity contribution in [3.05, 3.63) is 23.8 Å². The van der Waals surface area contributed by atoms with Crippen molar-refractivity contribution in [3.8, 4) is 11.5 Å². The van der Waals surface area contributed by atoms with E-state index < -0.39 is 17.3 Å². The van der Waals surface area contributed by atoms with E-state index in [1.807, 2.05) is 0 Å². The van der Waals surface area contributed by atoms with Crippen molar-refractivity contribution in [2.75, 3.05) is 33.9 Å². The Morgan fingerprint density at radius 1 is 1.23 bits per heavy atom. The molecule has 8 nitrogen and oxygen atoms in total. The SMILES string of the molecule is COc1ccc(C(=O)NCC(=O)N2CCCC(C)(C(=O)O)C2)cc1OC. The summed E-state index contributed by atoms with van der Waals surface area (Å²) in [7, 11) is 2.97. The lowest BCUT2D eigenvalue weighted by molar-refractivity contribution is -0.153. The molecule has 1 fully saturated rings. The third-order valence-corrected chi connectivity index (χ3v) is 4.61. The van der Waals surface area contributed by atoms with Crippen molar-refractivity contribution in [1.29, 1.82) is 0 Å². The molecule has 0 radical (unpaired) electrons. The number of hydrogen-bond donors (Lipinski definition) is 2. The Morgan fingerprint density at radius 2 is 1.92 bits per heavy atom. The number of carbonyl (C=O) groups excluding carboxylic acids is 2. The quantitative estimate of drug-likeness (QED) is 0.784. The molecule has 0 aliphatic carbocycles. The summed E-state index contributed by atoms with van der Waals surface area (Å²) in [6, 6.07) is 4.71. The predicted molar refractivity (Wildman–Crippen MR) is 93.4 cm³/mol. The van der Waals surface area contributed by atoms with Crippen LogP contribution in [-0.4, -0.2) is 61.6 Å². The van der Waals surface area contributed by atoms with Gasteiger partial charge in [-0.05, 0) is 38.0 Å². The zero-order valence-corrected chi connectivity index (χ0v) is 15.2. The van der Waals surface area contributed by atoms with Gasteiger partial charge in [-0.15, -0.1) is 0 Å². The molecular weight excluding hydrogens is 340 g/mol. The number of hydrogen-bond acceptors (Lipinski definition) is 5. The number of carbonyl (C=O) groups is 3. The highest BCUT2D eigenvalue weighted by Crippen LogP contribution is 2.30. The van der Waals surface area contributed by atoms with Gasteiger partial charge in [0.05, 0.1) is 26.2 Å². The topological polar surface area (TPSA) is 105 Å². The summed E-state index contributed by atoms with van der Waals surface area (Å²) in [6.45, 7) is 2.08. The minimum atomic E-state index is -0.943. The van der Waals surface area contributed by atoms with Gasteiger partial charge in [0.1, 0.15) is 0 Å². The molecule has 1 aromatic rings. The molecule has 0 aromatic heterocycles. The highest BCUT2D eigenvalue weighted by Gasteiger charge is 2.39. The van der Waals surface area contributed by atoms with Crippen molar-refractivity contribution >= 4 is 17.8 Å². The van der Waals surface area contributed by atoms with E-state index in [1.165, 1.54) is 25.2 Å². The van der Waals surface area contributed by atoms with Gasteiger partial charge in [-0.1, -0.05) is 0 Å². The number of rotatable bonds is 6. The number of methoxy groups -OCH3 is 2. The van der Waals surface area contributed by atoms with Gasteiger partial charge in [0, 0.05) is 18.7 Å². The van der Waals surface area contributed by atoms with Gasteiger partial charge in [0.2, 0.25) is 5.91 Å². The van der Waals surface area contributed by atoms with Crippen LogP contribution >= 0.6 is 0 Å². The second-order valence-electron chi connectivity index (χ2n) is 6.54. The van der Waals surface area contributed by atoms with Gasteiger partial charge < -0.3 is 24.8 Å². The van der Waals surface area contributed by atoms with Crippen LogP contribution in [0.1, 0.15) is 30.1 Å². The molecule has 1 aliphatic heterocycles. The Morgan fingerprint density at radius 3 is 2.54 bits per heavy atom. The minimum absolute atomic E-state index is 0.146. The molecule has 1 heterocycles. The Balaban J connectivity index is 1.96. The minimum Gasteiger partial charge on any atom is -0.493 e. The fourth-order valence-electron chi connectivity index (χ4n) is 2.97. The number of likely N-dealkylation sites (tertiary alicyclic amines) is 1. The lowest BCUT2D eigenvalue weighted by atomic mass is 9.82. The number of aliphatic carboxylic acids is 1. The van der Waals surface area contributed by atoms with Crippen molar-refractivity contribution in [2.45, 2.75) is 19.8 Å². The first-order valence-electron chi connectivity index (χ1n) is 8.32. The molecule has 0 spiro atoms. The number of carboxylic acids is 1. The zero-order valence-electron chi connectivity index (χ0n) is 15.2. The van der Waals surface area contributed by atoms with Crippen LogP contribution in [-0.2, 0) is 9.59 Å². The smallest absolute Gasteiger partial charge is 0.311 e. The number of nitrogens with one attached hydrogen (secondary N) is 1. The fourth-order valence-corrected chi connectivity index (χ4v) is 2.97. The number of carboxylic acid groups (broad SMARTS) is 1. The monoisotopic (exact) mass is 364 g/mol. The molecule has 1 unspecified atom stereocenters. The molecule has 1 saturated heterocycles. The largest absolute Gasteiger partial charge is 0.493 e. The molecule has 0 saturated carbocycles. The molecule has 2 N–H and O–H groups in total. The number of piperidine rings is 1. The van der Waals surface area contributed by atoms with E-state index in [0.29, 0.717) is 36.4 Å². The molecular formula is C18H24N2O6. The third kappa shape index (κ3) is 4.25. The van der Waals surface area contributed by atoms with Crippen molar-refractivity contribution < 1.29 is 29.0 Å². The van der Waals surface area contributed by atoms with Crippen molar-refractivity contribution in [3.63, 3.8) is 0 Å². The zero-order chi connectivity index (χ0) is 19.3. The van der Waals surface area contributed by atoms with Gasteiger partial charge in [0.25, 0.3) is 5.91 Å². The predicted octanol–water partition coefficient (Wildman–Crippen LogP) is 1.15. The maximum atomic E-state index is 12.3.